The van der Waals surface area contributed by atoms with E-state index in [1.807, 2.05) is 0 Å². The van der Waals surface area contributed by atoms with Gasteiger partial charge < -0.3 is 4.79 Å². The first-order chi connectivity index (χ1) is 7.22. The minimum Gasteiger partial charge on any atom is -0.303 e. The Bertz CT molecular complexity index is 372. The van der Waals surface area contributed by atoms with Crippen LogP contribution >= 0.6 is 0 Å². The van der Waals surface area contributed by atoms with E-state index in [1.165, 1.54) is 6.07 Å². The van der Waals surface area contributed by atoms with Gasteiger partial charge in [0.25, 0.3) is 0 Å². The maximum Gasteiger partial charge on any atom is 0.126 e. The maximum absolute atomic E-state index is 13.4. The molecule has 0 aromatic heterocycles. The van der Waals surface area contributed by atoms with Crippen LogP contribution in [0.1, 0.15) is 30.7 Å². The van der Waals surface area contributed by atoms with Gasteiger partial charge in [-0.25, -0.2) is 8.78 Å². The number of hydrogen-bond acceptors (Lipinski definition) is 1. The highest BCUT2D eigenvalue weighted by Gasteiger charge is 2.33. The minimum atomic E-state index is -0.442. The van der Waals surface area contributed by atoms with Crippen molar-refractivity contribution in [3.05, 3.63) is 35.4 Å². The molecule has 0 amide bonds. The van der Waals surface area contributed by atoms with Crippen LogP contribution in [0.3, 0.4) is 0 Å². The molecule has 0 aliphatic heterocycles. The zero-order valence-electron chi connectivity index (χ0n) is 8.25. The first kappa shape index (κ1) is 10.3. The van der Waals surface area contributed by atoms with E-state index in [4.69, 9.17) is 0 Å². The molecule has 1 fully saturated rings. The van der Waals surface area contributed by atoms with Crippen molar-refractivity contribution < 1.29 is 13.6 Å². The fourth-order valence-corrected chi connectivity index (χ4v) is 1.97. The van der Waals surface area contributed by atoms with Crippen LogP contribution in [0.4, 0.5) is 8.78 Å². The summed E-state index contributed by atoms with van der Waals surface area (Å²) >= 11 is 0. The van der Waals surface area contributed by atoms with Gasteiger partial charge in [-0.15, -0.1) is 0 Å². The third-order valence-electron chi connectivity index (χ3n) is 2.90. The molecule has 80 valence electrons. The lowest BCUT2D eigenvalue weighted by Gasteiger charge is -2.14. The van der Waals surface area contributed by atoms with Gasteiger partial charge in [-0.2, -0.15) is 0 Å². The summed E-state index contributed by atoms with van der Waals surface area (Å²) in [5.41, 5.74) is 0.351. The quantitative estimate of drug-likeness (QED) is 0.698. The number of hydrogen-bond donors (Lipinski definition) is 0. The van der Waals surface area contributed by atoms with Crippen molar-refractivity contribution in [2.24, 2.45) is 5.92 Å². The van der Waals surface area contributed by atoms with E-state index >= 15 is 0 Å². The predicted octanol–water partition coefficient (Wildman–Crippen LogP) is 3.05. The van der Waals surface area contributed by atoms with Crippen LogP contribution in [-0.2, 0) is 4.79 Å². The molecule has 0 spiro atoms. The van der Waals surface area contributed by atoms with E-state index in [0.29, 0.717) is 11.5 Å². The lowest BCUT2D eigenvalue weighted by molar-refractivity contribution is -0.108. The number of benzene rings is 1. The highest BCUT2D eigenvalue weighted by atomic mass is 19.1. The topological polar surface area (TPSA) is 17.1 Å². The van der Waals surface area contributed by atoms with Gasteiger partial charge in [-0.05, 0) is 48.4 Å². The van der Waals surface area contributed by atoms with Crippen molar-refractivity contribution in [2.45, 2.75) is 25.2 Å². The number of carbonyl (C=O) groups excluding carboxylic acids is 1. The SMILES string of the molecule is O=CCC(c1cc(F)ccc1F)C1CC1. The predicted molar refractivity (Wildman–Crippen MR) is 52.5 cm³/mol. The fourth-order valence-electron chi connectivity index (χ4n) is 1.97. The highest BCUT2D eigenvalue weighted by molar-refractivity contribution is 5.52. The molecule has 1 aromatic rings. The molecule has 0 saturated heterocycles. The molecular weight excluding hydrogens is 198 g/mol. The molecule has 0 heterocycles. The molecule has 1 atom stereocenters. The Morgan fingerprint density at radius 3 is 2.73 bits per heavy atom. The second-order valence-corrected chi connectivity index (χ2v) is 4.01. The molecule has 2 rings (SSSR count). The van der Waals surface area contributed by atoms with Gasteiger partial charge in [-0.1, -0.05) is 0 Å². The normalized spacial score (nSPS) is 17.5. The van der Waals surface area contributed by atoms with Crippen LogP contribution < -0.4 is 0 Å². The third kappa shape index (κ3) is 2.22. The van der Waals surface area contributed by atoms with Crippen LogP contribution in [0.5, 0.6) is 0 Å². The Labute approximate surface area is 87.1 Å². The molecule has 1 aliphatic carbocycles. The Balaban J connectivity index is 2.31. The molecular formula is C12H12F2O. The lowest BCUT2D eigenvalue weighted by Crippen LogP contribution is -2.05. The van der Waals surface area contributed by atoms with Crippen LogP contribution in [0, 0.1) is 17.6 Å². The smallest absolute Gasteiger partial charge is 0.126 e. The van der Waals surface area contributed by atoms with Crippen LogP contribution in [0.2, 0.25) is 0 Å². The van der Waals surface area contributed by atoms with Crippen molar-refractivity contribution >= 4 is 6.29 Å². The summed E-state index contributed by atoms with van der Waals surface area (Å²) in [6.45, 7) is 0. The number of aldehydes is 1. The van der Waals surface area contributed by atoms with Gasteiger partial charge in [-0.3, -0.25) is 0 Å². The van der Waals surface area contributed by atoms with E-state index in [-0.39, 0.29) is 12.3 Å². The summed E-state index contributed by atoms with van der Waals surface area (Å²) in [5, 5.41) is 0. The molecule has 0 radical (unpaired) electrons. The van der Waals surface area contributed by atoms with E-state index in [0.717, 1.165) is 31.3 Å². The molecule has 1 saturated carbocycles. The zero-order valence-corrected chi connectivity index (χ0v) is 8.25. The van der Waals surface area contributed by atoms with Crippen molar-refractivity contribution in [1.82, 2.24) is 0 Å². The van der Waals surface area contributed by atoms with Gasteiger partial charge in [0.2, 0.25) is 0 Å². The van der Waals surface area contributed by atoms with E-state index in [9.17, 15) is 13.6 Å². The van der Waals surface area contributed by atoms with Crippen molar-refractivity contribution in [3.8, 4) is 0 Å². The molecule has 1 aliphatic rings. The minimum absolute atomic E-state index is 0.141. The summed E-state index contributed by atoms with van der Waals surface area (Å²) < 4.78 is 26.4. The monoisotopic (exact) mass is 210 g/mol. The molecule has 0 bridgehead atoms. The number of carbonyl (C=O) groups is 1. The van der Waals surface area contributed by atoms with Crippen LogP contribution in [0.15, 0.2) is 18.2 Å². The second-order valence-electron chi connectivity index (χ2n) is 4.01. The van der Waals surface area contributed by atoms with Gasteiger partial charge in [0.05, 0.1) is 0 Å². The molecule has 15 heavy (non-hydrogen) atoms. The van der Waals surface area contributed by atoms with Crippen LogP contribution in [0.25, 0.3) is 0 Å². The Kier molecular flexibility index (Phi) is 2.80. The summed E-state index contributed by atoms with van der Waals surface area (Å²) in [6.07, 6.45) is 3.08. The van der Waals surface area contributed by atoms with Crippen molar-refractivity contribution in [3.63, 3.8) is 0 Å². The molecule has 1 aromatic carbocycles. The average molecular weight is 210 g/mol. The molecule has 1 unspecified atom stereocenters. The average Bonchev–Trinajstić information content (AvgIpc) is 3.02. The van der Waals surface area contributed by atoms with Gasteiger partial charge >= 0.3 is 0 Å². The van der Waals surface area contributed by atoms with Crippen molar-refractivity contribution in [2.75, 3.05) is 0 Å². The van der Waals surface area contributed by atoms with Gasteiger partial charge in [0.1, 0.15) is 17.9 Å². The largest absolute Gasteiger partial charge is 0.303 e. The summed E-state index contributed by atoms with van der Waals surface area (Å²) in [7, 11) is 0. The Morgan fingerprint density at radius 2 is 2.13 bits per heavy atom. The summed E-state index contributed by atoms with van der Waals surface area (Å²) in [5.74, 6) is -0.636. The fraction of sp³-hybridized carbons (Fsp3) is 0.417. The second kappa shape index (κ2) is 4.09. The maximum atomic E-state index is 13.4. The third-order valence-corrected chi connectivity index (χ3v) is 2.90. The van der Waals surface area contributed by atoms with Gasteiger partial charge in [0.15, 0.2) is 0 Å². The summed E-state index contributed by atoms with van der Waals surface area (Å²) in [6, 6.07) is 3.44. The Hall–Kier alpha value is -1.25. The highest BCUT2D eigenvalue weighted by Crippen LogP contribution is 2.44. The Morgan fingerprint density at radius 1 is 1.40 bits per heavy atom. The summed E-state index contributed by atoms with van der Waals surface area (Å²) in [4.78, 5) is 10.5. The number of rotatable bonds is 4. The van der Waals surface area contributed by atoms with E-state index < -0.39 is 11.6 Å². The van der Waals surface area contributed by atoms with E-state index in [2.05, 4.69) is 0 Å². The molecule has 0 N–H and O–H groups in total. The van der Waals surface area contributed by atoms with E-state index in [1.54, 1.807) is 0 Å². The number of halogens is 2. The van der Waals surface area contributed by atoms with Gasteiger partial charge in [0, 0.05) is 6.42 Å². The molecule has 3 heteroatoms. The lowest BCUT2D eigenvalue weighted by atomic mass is 9.91. The zero-order chi connectivity index (χ0) is 10.8. The van der Waals surface area contributed by atoms with Crippen LogP contribution in [-0.4, -0.2) is 6.29 Å². The standard InChI is InChI=1S/C12H12F2O/c13-9-3-4-12(14)11(7-9)10(5-6-15)8-1-2-8/h3-4,6-8,10H,1-2,5H2. The first-order valence-electron chi connectivity index (χ1n) is 5.11. The molecule has 1 nitrogen and oxygen atoms in total. The first-order valence-corrected chi connectivity index (χ1v) is 5.11. The van der Waals surface area contributed by atoms with Crippen molar-refractivity contribution in [1.29, 1.82) is 0 Å².